The normalized spacial score (nSPS) is 10.4. The number of hydrogen-bond acceptors (Lipinski definition) is 3. The van der Waals surface area contributed by atoms with E-state index in [1.54, 1.807) is 6.20 Å². The Morgan fingerprint density at radius 1 is 1.50 bits per heavy atom. The fraction of sp³-hybridized carbons (Fsp3) is 0.455. The van der Waals surface area contributed by atoms with Crippen molar-refractivity contribution in [1.82, 2.24) is 4.98 Å². The molecule has 0 aliphatic carbocycles. The minimum atomic E-state index is 0.406. The zero-order valence-corrected chi connectivity index (χ0v) is 9.11. The second-order valence-electron chi connectivity index (χ2n) is 3.73. The zero-order chi connectivity index (χ0) is 10.7. The molecule has 1 heterocycles. The lowest BCUT2D eigenvalue weighted by Crippen LogP contribution is -2.27. The molecule has 0 saturated carbocycles. The van der Waals surface area contributed by atoms with E-state index in [4.69, 9.17) is 0 Å². The van der Waals surface area contributed by atoms with Gasteiger partial charge in [-0.2, -0.15) is 0 Å². The Kier molecular flexibility index (Phi) is 3.23. The van der Waals surface area contributed by atoms with Crippen molar-refractivity contribution in [1.29, 1.82) is 0 Å². The summed E-state index contributed by atoms with van der Waals surface area (Å²) in [5, 5.41) is 0. The first kappa shape index (κ1) is 10.7. The predicted octanol–water partition coefficient (Wildman–Crippen LogP) is 2.05. The molecule has 0 atom stereocenters. The fourth-order valence-corrected chi connectivity index (χ4v) is 1.27. The van der Waals surface area contributed by atoms with Crippen LogP contribution in [0.2, 0.25) is 0 Å². The van der Waals surface area contributed by atoms with Gasteiger partial charge in [0.05, 0.1) is 0 Å². The third-order valence-corrected chi connectivity index (χ3v) is 2.32. The smallest absolute Gasteiger partial charge is 0.151 e. The number of carbonyl (C=O) groups is 1. The molecule has 0 aromatic carbocycles. The van der Waals surface area contributed by atoms with Crippen LogP contribution in [0.25, 0.3) is 0 Å². The van der Waals surface area contributed by atoms with Crippen molar-refractivity contribution in [2.75, 3.05) is 11.9 Å². The van der Waals surface area contributed by atoms with E-state index >= 15 is 0 Å². The van der Waals surface area contributed by atoms with Gasteiger partial charge in [-0.3, -0.25) is 4.79 Å². The van der Waals surface area contributed by atoms with Crippen LogP contribution in [-0.2, 0) is 0 Å². The van der Waals surface area contributed by atoms with E-state index in [9.17, 15) is 4.79 Å². The maximum atomic E-state index is 10.5. The van der Waals surface area contributed by atoms with E-state index < -0.39 is 0 Å². The van der Waals surface area contributed by atoms with Crippen molar-refractivity contribution in [2.24, 2.45) is 0 Å². The van der Waals surface area contributed by atoms with Crippen molar-refractivity contribution in [3.8, 4) is 0 Å². The van der Waals surface area contributed by atoms with Crippen LogP contribution in [0.3, 0.4) is 0 Å². The second-order valence-corrected chi connectivity index (χ2v) is 3.73. The van der Waals surface area contributed by atoms with Crippen molar-refractivity contribution in [3.63, 3.8) is 0 Å². The summed E-state index contributed by atoms with van der Waals surface area (Å²) in [6.45, 7) is 6.18. The lowest BCUT2D eigenvalue weighted by atomic mass is 10.2. The van der Waals surface area contributed by atoms with Gasteiger partial charge in [-0.1, -0.05) is 0 Å². The first-order valence-corrected chi connectivity index (χ1v) is 4.71. The molecule has 0 amide bonds. The van der Waals surface area contributed by atoms with E-state index in [0.29, 0.717) is 11.6 Å². The Hall–Kier alpha value is -1.38. The Morgan fingerprint density at radius 2 is 2.14 bits per heavy atom. The molecule has 1 rings (SSSR count). The Labute approximate surface area is 84.8 Å². The number of anilines is 1. The molecule has 1 aromatic rings. The van der Waals surface area contributed by atoms with Gasteiger partial charge in [-0.05, 0) is 32.4 Å². The summed E-state index contributed by atoms with van der Waals surface area (Å²) >= 11 is 0. The monoisotopic (exact) mass is 192 g/mol. The van der Waals surface area contributed by atoms with Gasteiger partial charge in [-0.15, -0.1) is 0 Å². The van der Waals surface area contributed by atoms with Gasteiger partial charge in [-0.25, -0.2) is 4.98 Å². The van der Waals surface area contributed by atoms with Crippen molar-refractivity contribution in [3.05, 3.63) is 23.4 Å². The number of nitrogens with zero attached hydrogens (tertiary/aromatic N) is 2. The molecule has 0 bridgehead atoms. The molecule has 0 unspecified atom stereocenters. The summed E-state index contributed by atoms with van der Waals surface area (Å²) in [5.41, 5.74) is 1.66. The number of aldehydes is 1. The van der Waals surface area contributed by atoms with E-state index in [1.807, 2.05) is 20.0 Å². The van der Waals surface area contributed by atoms with Gasteiger partial charge in [0.25, 0.3) is 0 Å². The molecule has 0 radical (unpaired) electrons. The number of hydrogen-bond donors (Lipinski definition) is 0. The van der Waals surface area contributed by atoms with Crippen molar-refractivity contribution >= 4 is 12.1 Å². The first-order valence-electron chi connectivity index (χ1n) is 4.71. The highest BCUT2D eigenvalue weighted by molar-refractivity contribution is 5.75. The van der Waals surface area contributed by atoms with Crippen molar-refractivity contribution in [2.45, 2.75) is 26.8 Å². The zero-order valence-electron chi connectivity index (χ0n) is 9.11. The van der Waals surface area contributed by atoms with Gasteiger partial charge in [0.15, 0.2) is 6.29 Å². The van der Waals surface area contributed by atoms with E-state index in [-0.39, 0.29) is 0 Å². The lowest BCUT2D eigenvalue weighted by molar-refractivity contribution is 0.112. The molecule has 0 aliphatic rings. The highest BCUT2D eigenvalue weighted by Gasteiger charge is 2.09. The second kappa shape index (κ2) is 4.22. The van der Waals surface area contributed by atoms with E-state index in [0.717, 1.165) is 17.7 Å². The van der Waals surface area contributed by atoms with E-state index in [2.05, 4.69) is 23.7 Å². The predicted molar refractivity (Wildman–Crippen MR) is 57.9 cm³/mol. The minimum absolute atomic E-state index is 0.406. The van der Waals surface area contributed by atoms with Gasteiger partial charge < -0.3 is 4.90 Å². The maximum Gasteiger partial charge on any atom is 0.151 e. The molecule has 0 aliphatic heterocycles. The standard InChI is InChI=1S/C11H16N2O/c1-8(2)13(4)11-9(3)5-10(7-14)6-12-11/h5-8H,1-4H3. The molecule has 0 spiro atoms. The Morgan fingerprint density at radius 3 is 2.57 bits per heavy atom. The number of rotatable bonds is 3. The van der Waals surface area contributed by atoms with E-state index in [1.165, 1.54) is 0 Å². The maximum absolute atomic E-state index is 10.5. The summed E-state index contributed by atoms with van der Waals surface area (Å²) in [6, 6.07) is 2.26. The summed E-state index contributed by atoms with van der Waals surface area (Å²) in [5.74, 6) is 0.936. The van der Waals surface area contributed by atoms with Gasteiger partial charge in [0.2, 0.25) is 0 Å². The molecule has 14 heavy (non-hydrogen) atoms. The van der Waals surface area contributed by atoms with Crippen LogP contribution in [-0.4, -0.2) is 24.4 Å². The quantitative estimate of drug-likeness (QED) is 0.687. The molecular formula is C11H16N2O. The SMILES string of the molecule is Cc1cc(C=O)cnc1N(C)C(C)C. The number of pyridine rings is 1. The molecule has 1 aromatic heterocycles. The summed E-state index contributed by atoms with van der Waals surface area (Å²) in [7, 11) is 2.00. The Balaban J connectivity index is 3.05. The topological polar surface area (TPSA) is 33.2 Å². The summed E-state index contributed by atoms with van der Waals surface area (Å²) in [4.78, 5) is 16.9. The molecule has 3 nitrogen and oxygen atoms in total. The molecule has 0 N–H and O–H groups in total. The molecule has 76 valence electrons. The summed E-state index contributed by atoms with van der Waals surface area (Å²) < 4.78 is 0. The lowest BCUT2D eigenvalue weighted by Gasteiger charge is -2.24. The van der Waals surface area contributed by atoms with Crippen molar-refractivity contribution < 1.29 is 4.79 Å². The van der Waals surface area contributed by atoms with Crippen LogP contribution in [0.4, 0.5) is 5.82 Å². The summed E-state index contributed by atoms with van der Waals surface area (Å²) in [6.07, 6.45) is 2.42. The molecular weight excluding hydrogens is 176 g/mol. The highest BCUT2D eigenvalue weighted by Crippen LogP contribution is 2.17. The molecule has 0 fully saturated rings. The van der Waals surface area contributed by atoms with Crippen LogP contribution >= 0.6 is 0 Å². The average Bonchev–Trinajstić information content (AvgIpc) is 2.16. The van der Waals surface area contributed by atoms with Crippen LogP contribution in [0, 0.1) is 6.92 Å². The largest absolute Gasteiger partial charge is 0.357 e. The van der Waals surface area contributed by atoms with Gasteiger partial charge >= 0.3 is 0 Å². The average molecular weight is 192 g/mol. The first-order chi connectivity index (χ1) is 6.56. The number of aryl methyl sites for hydroxylation is 1. The highest BCUT2D eigenvalue weighted by atomic mass is 16.1. The third-order valence-electron chi connectivity index (χ3n) is 2.32. The fourth-order valence-electron chi connectivity index (χ4n) is 1.27. The van der Waals surface area contributed by atoms with Crippen LogP contribution in [0.15, 0.2) is 12.3 Å². The minimum Gasteiger partial charge on any atom is -0.357 e. The van der Waals surface area contributed by atoms with Gasteiger partial charge in [0.1, 0.15) is 5.82 Å². The molecule has 0 saturated heterocycles. The number of aromatic nitrogens is 1. The third kappa shape index (κ3) is 2.10. The van der Waals surface area contributed by atoms with Crippen LogP contribution < -0.4 is 4.90 Å². The molecule has 3 heteroatoms. The van der Waals surface area contributed by atoms with Gasteiger partial charge in [0, 0.05) is 24.8 Å². The Bertz CT molecular complexity index is 334. The number of carbonyl (C=O) groups excluding carboxylic acids is 1. The van der Waals surface area contributed by atoms with Crippen LogP contribution in [0.1, 0.15) is 29.8 Å². The van der Waals surface area contributed by atoms with Crippen LogP contribution in [0.5, 0.6) is 0 Å².